The van der Waals surface area contributed by atoms with E-state index < -0.39 is 35.1 Å². The van der Waals surface area contributed by atoms with Crippen molar-refractivity contribution in [3.8, 4) is 11.4 Å². The Labute approximate surface area is 236 Å². The molecule has 42 heavy (non-hydrogen) atoms. The molecule has 3 aromatic heterocycles. The van der Waals surface area contributed by atoms with Crippen LogP contribution in [0.5, 0.6) is 0 Å². The van der Waals surface area contributed by atoms with Crippen LogP contribution in [0.4, 0.5) is 37.8 Å². The first-order valence-electron chi connectivity index (χ1n) is 13.2. The summed E-state index contributed by atoms with van der Waals surface area (Å²) in [6.07, 6.45) is -5.04. The first kappa shape index (κ1) is 29.2. The highest BCUT2D eigenvalue weighted by Gasteiger charge is 2.35. The van der Waals surface area contributed by atoms with Gasteiger partial charge in [-0.2, -0.15) is 26.3 Å². The van der Waals surface area contributed by atoms with E-state index in [1.165, 1.54) is 30.5 Å². The minimum absolute atomic E-state index is 0.0399. The lowest BCUT2D eigenvalue weighted by atomic mass is 10.1. The van der Waals surface area contributed by atoms with Crippen LogP contribution in [-0.4, -0.2) is 56.9 Å². The highest BCUT2D eigenvalue weighted by molar-refractivity contribution is 5.96. The van der Waals surface area contributed by atoms with Crippen molar-refractivity contribution in [2.45, 2.75) is 31.6 Å². The summed E-state index contributed by atoms with van der Waals surface area (Å²) in [5, 5.41) is 5.86. The maximum absolute atomic E-state index is 13.6. The van der Waals surface area contributed by atoms with E-state index in [2.05, 4.69) is 35.5 Å². The van der Waals surface area contributed by atoms with Gasteiger partial charge in [0.1, 0.15) is 11.5 Å². The molecule has 1 amide bonds. The molecule has 220 valence electrons. The summed E-state index contributed by atoms with van der Waals surface area (Å²) >= 11 is 0. The van der Waals surface area contributed by atoms with Gasteiger partial charge in [-0.3, -0.25) is 9.78 Å². The van der Waals surface area contributed by atoms with Crippen LogP contribution in [0.1, 0.15) is 41.0 Å². The van der Waals surface area contributed by atoms with Gasteiger partial charge >= 0.3 is 12.4 Å². The summed E-state index contributed by atoms with van der Waals surface area (Å²) in [7, 11) is 0. The topological polar surface area (TPSA) is 95.9 Å². The average Bonchev–Trinajstić information content (AvgIpc) is 3.48. The quantitative estimate of drug-likeness (QED) is 0.190. The zero-order chi connectivity index (χ0) is 29.9. The van der Waals surface area contributed by atoms with E-state index >= 15 is 0 Å². The summed E-state index contributed by atoms with van der Waals surface area (Å²) < 4.78 is 80.0. The maximum atomic E-state index is 13.6. The van der Waals surface area contributed by atoms with Crippen molar-refractivity contribution in [3.05, 3.63) is 71.7 Å². The number of pyridine rings is 2. The number of carbonyl (C=O) groups is 1. The third-order valence-corrected chi connectivity index (χ3v) is 6.73. The molecule has 0 saturated carbocycles. The summed E-state index contributed by atoms with van der Waals surface area (Å²) in [4.78, 5) is 31.9. The van der Waals surface area contributed by atoms with Gasteiger partial charge in [0, 0.05) is 18.4 Å². The fraction of sp³-hybridized carbons (Fsp3) is 0.321. The van der Waals surface area contributed by atoms with E-state index in [0.717, 1.165) is 56.7 Å². The van der Waals surface area contributed by atoms with Gasteiger partial charge in [0.2, 0.25) is 5.82 Å². The van der Waals surface area contributed by atoms with Crippen molar-refractivity contribution in [2.24, 2.45) is 0 Å². The zero-order valence-electron chi connectivity index (χ0n) is 22.1. The second-order valence-corrected chi connectivity index (χ2v) is 9.72. The number of nitrogens with one attached hydrogen (secondary N) is 2. The zero-order valence-corrected chi connectivity index (χ0v) is 22.1. The fourth-order valence-electron chi connectivity index (χ4n) is 4.65. The largest absolute Gasteiger partial charge is 0.418 e. The number of nitrogens with zero attached hydrogens (tertiary/aromatic N) is 5. The molecule has 4 aromatic rings. The summed E-state index contributed by atoms with van der Waals surface area (Å²) in [6, 6.07) is 8.92. The monoisotopic (exact) mass is 589 g/mol. The van der Waals surface area contributed by atoms with E-state index in [-0.39, 0.29) is 34.1 Å². The van der Waals surface area contributed by atoms with E-state index in [1.807, 2.05) is 0 Å². The minimum Gasteiger partial charge on any atom is -0.349 e. The third kappa shape index (κ3) is 6.75. The van der Waals surface area contributed by atoms with Gasteiger partial charge in [0.25, 0.3) is 5.91 Å². The van der Waals surface area contributed by atoms with Crippen LogP contribution < -0.4 is 10.6 Å². The van der Waals surface area contributed by atoms with Gasteiger partial charge in [-0.05, 0) is 87.4 Å². The normalized spacial score (nSPS) is 14.3. The number of fused-ring (bicyclic) bond motifs is 1. The standard InChI is InChI=1S/C28H25F6N7O/c29-27(30,31)17-6-8-18(9-7-17)37-23-19-10-11-21(22-20(28(32,33)34)5-3-12-35-22)38-24(19)40-25(39-23)26(42)36-13-4-16-41-14-1-2-15-41/h3,5-12H,1-2,4,13-16H2,(H,36,42)(H,37,38,39,40). The van der Waals surface area contributed by atoms with Gasteiger partial charge in [0.05, 0.1) is 22.2 Å². The molecule has 0 radical (unpaired) electrons. The molecule has 2 N–H and O–H groups in total. The van der Waals surface area contributed by atoms with Gasteiger partial charge in [-0.25, -0.2) is 15.0 Å². The van der Waals surface area contributed by atoms with Crippen LogP contribution in [0.25, 0.3) is 22.4 Å². The number of carbonyl (C=O) groups excluding carboxylic acids is 1. The lowest BCUT2D eigenvalue weighted by Crippen LogP contribution is -2.30. The summed E-state index contributed by atoms with van der Waals surface area (Å²) in [5.41, 5.74) is -2.27. The van der Waals surface area contributed by atoms with Crippen LogP contribution in [0.2, 0.25) is 0 Å². The molecular weight excluding hydrogens is 564 g/mol. The number of hydrogen-bond donors (Lipinski definition) is 2. The molecule has 1 aliphatic rings. The van der Waals surface area contributed by atoms with E-state index in [9.17, 15) is 31.1 Å². The van der Waals surface area contributed by atoms with Crippen molar-refractivity contribution in [1.82, 2.24) is 30.2 Å². The molecule has 0 aliphatic carbocycles. The van der Waals surface area contributed by atoms with Crippen molar-refractivity contribution in [3.63, 3.8) is 0 Å². The number of amides is 1. The second kappa shape index (κ2) is 11.9. The number of likely N-dealkylation sites (tertiary alicyclic amines) is 1. The molecule has 4 heterocycles. The Morgan fingerprint density at radius 3 is 2.31 bits per heavy atom. The van der Waals surface area contributed by atoms with Gasteiger partial charge in [-0.15, -0.1) is 0 Å². The lowest BCUT2D eigenvalue weighted by molar-refractivity contribution is -0.138. The Hall–Kier alpha value is -4.33. The first-order valence-corrected chi connectivity index (χ1v) is 13.2. The average molecular weight is 590 g/mol. The lowest BCUT2D eigenvalue weighted by Gasteiger charge is -2.15. The summed E-state index contributed by atoms with van der Waals surface area (Å²) in [5.74, 6) is -0.896. The molecule has 0 atom stereocenters. The predicted molar refractivity (Wildman–Crippen MR) is 143 cm³/mol. The number of hydrogen-bond acceptors (Lipinski definition) is 7. The number of anilines is 2. The highest BCUT2D eigenvalue weighted by Crippen LogP contribution is 2.36. The Morgan fingerprint density at radius 2 is 1.62 bits per heavy atom. The number of halogens is 6. The molecule has 1 aliphatic heterocycles. The van der Waals surface area contributed by atoms with E-state index in [1.54, 1.807) is 0 Å². The Morgan fingerprint density at radius 1 is 0.881 bits per heavy atom. The van der Waals surface area contributed by atoms with Gasteiger partial charge in [-0.1, -0.05) is 0 Å². The van der Waals surface area contributed by atoms with Crippen LogP contribution in [0.15, 0.2) is 54.7 Å². The van der Waals surface area contributed by atoms with Crippen LogP contribution in [0, 0.1) is 0 Å². The Balaban J connectivity index is 1.48. The fourth-order valence-corrected chi connectivity index (χ4v) is 4.65. The van der Waals surface area contributed by atoms with E-state index in [0.29, 0.717) is 13.0 Å². The van der Waals surface area contributed by atoms with Crippen LogP contribution in [-0.2, 0) is 12.4 Å². The first-order chi connectivity index (χ1) is 20.0. The molecule has 0 bridgehead atoms. The van der Waals surface area contributed by atoms with E-state index in [4.69, 9.17) is 0 Å². The molecule has 14 heteroatoms. The molecule has 1 fully saturated rings. The smallest absolute Gasteiger partial charge is 0.349 e. The second-order valence-electron chi connectivity index (χ2n) is 9.72. The molecule has 1 aromatic carbocycles. The third-order valence-electron chi connectivity index (χ3n) is 6.73. The highest BCUT2D eigenvalue weighted by atomic mass is 19.4. The van der Waals surface area contributed by atoms with Crippen molar-refractivity contribution < 1.29 is 31.1 Å². The number of aromatic nitrogens is 4. The Kier molecular flexibility index (Phi) is 8.25. The molecule has 8 nitrogen and oxygen atoms in total. The maximum Gasteiger partial charge on any atom is 0.418 e. The van der Waals surface area contributed by atoms with Crippen molar-refractivity contribution in [1.29, 1.82) is 0 Å². The molecular formula is C28H25F6N7O. The number of benzene rings is 1. The molecule has 1 saturated heterocycles. The minimum atomic E-state index is -4.69. The number of rotatable bonds is 8. The SMILES string of the molecule is O=C(NCCCN1CCCC1)c1nc(Nc2ccc(C(F)(F)F)cc2)c2ccc(-c3ncccc3C(F)(F)F)nc2n1. The molecule has 0 unspecified atom stereocenters. The van der Waals surface area contributed by atoms with Crippen molar-refractivity contribution in [2.75, 3.05) is 31.5 Å². The van der Waals surface area contributed by atoms with Crippen molar-refractivity contribution >= 4 is 28.4 Å². The van der Waals surface area contributed by atoms with Gasteiger partial charge in [0.15, 0.2) is 5.65 Å². The van der Waals surface area contributed by atoms with Crippen LogP contribution >= 0.6 is 0 Å². The Bertz CT molecular complexity index is 1570. The predicted octanol–water partition coefficient (Wildman–Crippen LogP) is 6.08. The summed E-state index contributed by atoms with van der Waals surface area (Å²) in [6.45, 7) is 3.19. The molecule has 5 rings (SSSR count). The van der Waals surface area contributed by atoms with Gasteiger partial charge < -0.3 is 15.5 Å². The van der Waals surface area contributed by atoms with Crippen LogP contribution in [0.3, 0.4) is 0 Å². The molecule has 0 spiro atoms. The number of alkyl halides is 6.